The highest BCUT2D eigenvalue weighted by Gasteiger charge is 2.14. The molecule has 6 nitrogen and oxygen atoms in total. The van der Waals surface area contributed by atoms with Crippen LogP contribution < -0.4 is 11.1 Å². The normalized spacial score (nSPS) is 11.3. The van der Waals surface area contributed by atoms with Gasteiger partial charge in [-0.05, 0) is 52.6 Å². The van der Waals surface area contributed by atoms with Crippen molar-refractivity contribution in [3.05, 3.63) is 119 Å². The van der Waals surface area contributed by atoms with Gasteiger partial charge in [0.1, 0.15) is 11.3 Å². The number of aromatic amines is 1. The van der Waals surface area contributed by atoms with Crippen molar-refractivity contribution in [3.63, 3.8) is 0 Å². The Morgan fingerprint density at radius 1 is 0.842 bits per heavy atom. The number of rotatable bonds is 8. The fraction of sp³-hybridized carbons (Fsp3) is 0.100. The molecule has 0 aliphatic heterocycles. The van der Waals surface area contributed by atoms with E-state index in [4.69, 9.17) is 10.7 Å². The molecule has 6 rings (SSSR count). The lowest BCUT2D eigenvalue weighted by molar-refractivity contribution is 0.657. The van der Waals surface area contributed by atoms with Crippen LogP contribution in [0.15, 0.2) is 91.5 Å². The Morgan fingerprint density at radius 3 is 2.53 bits per heavy atom. The van der Waals surface area contributed by atoms with Crippen molar-refractivity contribution in [2.75, 3.05) is 5.73 Å². The Kier molecular flexibility index (Phi) is 6.64. The van der Waals surface area contributed by atoms with E-state index in [9.17, 15) is 4.39 Å². The molecule has 0 aliphatic rings. The number of anilines is 1. The number of nitrogens with one attached hydrogen (secondary N) is 2. The number of halogens is 1. The molecule has 4 aromatic heterocycles. The maximum absolute atomic E-state index is 13.6. The summed E-state index contributed by atoms with van der Waals surface area (Å²) in [5.74, 6) is 0.770. The fourth-order valence-electron chi connectivity index (χ4n) is 4.52. The summed E-state index contributed by atoms with van der Waals surface area (Å²) in [5.41, 5.74) is 14.8. The first-order valence-electron chi connectivity index (χ1n) is 12.3. The maximum Gasteiger partial charge on any atom is 0.176 e. The smallest absolute Gasteiger partial charge is 0.176 e. The van der Waals surface area contributed by atoms with Crippen molar-refractivity contribution in [2.24, 2.45) is 0 Å². The largest absolute Gasteiger partial charge is 0.398 e. The van der Waals surface area contributed by atoms with Crippen molar-refractivity contribution < 1.29 is 4.39 Å². The molecule has 0 fully saturated rings. The molecular weight excluding hydrogens is 495 g/mol. The minimum absolute atomic E-state index is 0.233. The number of aromatic nitrogens is 4. The number of H-pyrrole nitrogens is 1. The number of fused-ring (bicyclic) bond motifs is 1. The Bertz CT molecular complexity index is 1710. The average molecular weight is 521 g/mol. The number of nitrogens with zero attached hydrogens (tertiary/aromatic N) is 3. The third-order valence-corrected chi connectivity index (χ3v) is 7.32. The SMILES string of the molecule is Nc1ccc(-c2cncc(CNCc3ccccc3)c2)cc1Cc1nc2c(-c3ccc(F)s3)cncc2[nH]1. The molecule has 188 valence electrons. The first-order chi connectivity index (χ1) is 18.6. The summed E-state index contributed by atoms with van der Waals surface area (Å²) in [6, 6.07) is 21.7. The van der Waals surface area contributed by atoms with Gasteiger partial charge in [0.15, 0.2) is 5.13 Å². The Hall–Kier alpha value is -4.40. The molecule has 6 aromatic rings. The van der Waals surface area contributed by atoms with Gasteiger partial charge in [-0.2, -0.15) is 4.39 Å². The van der Waals surface area contributed by atoms with Gasteiger partial charge in [0.05, 0.1) is 11.7 Å². The molecule has 4 heterocycles. The monoisotopic (exact) mass is 520 g/mol. The van der Waals surface area contributed by atoms with E-state index in [1.807, 2.05) is 42.7 Å². The van der Waals surface area contributed by atoms with Crippen LogP contribution in [0.1, 0.15) is 22.5 Å². The van der Waals surface area contributed by atoms with Crippen molar-refractivity contribution in [1.29, 1.82) is 0 Å². The van der Waals surface area contributed by atoms with Crippen LogP contribution >= 0.6 is 11.3 Å². The Morgan fingerprint density at radius 2 is 1.68 bits per heavy atom. The second-order valence-corrected chi connectivity index (χ2v) is 10.2. The lowest BCUT2D eigenvalue weighted by Crippen LogP contribution is -2.12. The number of nitrogen functional groups attached to an aromatic ring is 1. The molecule has 0 radical (unpaired) electrons. The summed E-state index contributed by atoms with van der Waals surface area (Å²) in [4.78, 5) is 17.8. The molecule has 4 N–H and O–H groups in total. The molecular formula is C30H25FN6S. The van der Waals surface area contributed by atoms with Crippen LogP contribution in [0.2, 0.25) is 0 Å². The van der Waals surface area contributed by atoms with Crippen molar-refractivity contribution in [3.8, 4) is 21.6 Å². The van der Waals surface area contributed by atoms with E-state index < -0.39 is 0 Å². The van der Waals surface area contributed by atoms with Crippen LogP contribution in [-0.2, 0) is 19.5 Å². The standard InChI is InChI=1S/C30H25FN6S/c31-28-9-8-27(38-28)24-17-35-18-26-30(24)37-29(36-26)12-22-11-21(6-7-25(22)32)23-10-20(15-34-16-23)14-33-13-19-4-2-1-3-5-19/h1-11,15-18,33H,12-14,32H2,(H,36,37). The molecule has 38 heavy (non-hydrogen) atoms. The summed E-state index contributed by atoms with van der Waals surface area (Å²) < 4.78 is 13.6. The minimum atomic E-state index is -0.233. The van der Waals surface area contributed by atoms with Gasteiger partial charge in [-0.25, -0.2) is 4.98 Å². The van der Waals surface area contributed by atoms with Gasteiger partial charge in [-0.3, -0.25) is 9.97 Å². The third kappa shape index (κ3) is 5.18. The van der Waals surface area contributed by atoms with Crippen LogP contribution in [-0.4, -0.2) is 19.9 Å². The van der Waals surface area contributed by atoms with E-state index in [-0.39, 0.29) is 5.13 Å². The number of thiophene rings is 1. The van der Waals surface area contributed by atoms with Crippen molar-refractivity contribution >= 4 is 28.1 Å². The average Bonchev–Trinajstić information content (AvgIpc) is 3.56. The summed E-state index contributed by atoms with van der Waals surface area (Å²) in [7, 11) is 0. The van der Waals surface area contributed by atoms with Crippen LogP contribution in [0.5, 0.6) is 0 Å². The van der Waals surface area contributed by atoms with E-state index in [1.165, 1.54) is 11.6 Å². The second kappa shape index (κ2) is 10.5. The highest BCUT2D eigenvalue weighted by molar-refractivity contribution is 7.14. The number of nitrogens with two attached hydrogens (primary N) is 1. The second-order valence-electron chi connectivity index (χ2n) is 9.13. The van der Waals surface area contributed by atoms with E-state index >= 15 is 0 Å². The molecule has 0 saturated heterocycles. The lowest BCUT2D eigenvalue weighted by atomic mass is 10.0. The van der Waals surface area contributed by atoms with E-state index in [2.05, 4.69) is 44.5 Å². The third-order valence-electron chi connectivity index (χ3n) is 6.41. The van der Waals surface area contributed by atoms with Gasteiger partial charge in [-0.15, -0.1) is 11.3 Å². The van der Waals surface area contributed by atoms with Gasteiger partial charge >= 0.3 is 0 Å². The number of pyridine rings is 2. The number of hydrogen-bond donors (Lipinski definition) is 3. The summed E-state index contributed by atoms with van der Waals surface area (Å²) >= 11 is 1.08. The first-order valence-corrected chi connectivity index (χ1v) is 13.1. The van der Waals surface area contributed by atoms with Gasteiger partial charge in [-0.1, -0.05) is 36.4 Å². The van der Waals surface area contributed by atoms with Gasteiger partial charge in [0, 0.05) is 59.8 Å². The van der Waals surface area contributed by atoms with Gasteiger partial charge in [0.25, 0.3) is 0 Å². The zero-order valence-corrected chi connectivity index (χ0v) is 21.3. The highest BCUT2D eigenvalue weighted by Crippen LogP contribution is 2.32. The predicted octanol–water partition coefficient (Wildman–Crippen LogP) is 6.35. The van der Waals surface area contributed by atoms with Crippen LogP contribution in [0, 0.1) is 5.13 Å². The van der Waals surface area contributed by atoms with Gasteiger partial charge in [0.2, 0.25) is 0 Å². The predicted molar refractivity (Wildman–Crippen MR) is 151 cm³/mol. The van der Waals surface area contributed by atoms with E-state index in [0.29, 0.717) is 12.1 Å². The number of hydrogen-bond acceptors (Lipinski definition) is 6. The minimum Gasteiger partial charge on any atom is -0.398 e. The van der Waals surface area contributed by atoms with Gasteiger partial charge < -0.3 is 16.0 Å². The van der Waals surface area contributed by atoms with E-state index in [1.54, 1.807) is 18.5 Å². The molecule has 0 aliphatic carbocycles. The van der Waals surface area contributed by atoms with Crippen molar-refractivity contribution in [1.82, 2.24) is 25.3 Å². The molecule has 2 aromatic carbocycles. The van der Waals surface area contributed by atoms with Crippen molar-refractivity contribution in [2.45, 2.75) is 19.5 Å². The number of imidazole rings is 1. The van der Waals surface area contributed by atoms with Crippen LogP contribution in [0.4, 0.5) is 10.1 Å². The van der Waals surface area contributed by atoms with Crippen LogP contribution in [0.3, 0.4) is 0 Å². The Labute approximate surface area is 223 Å². The highest BCUT2D eigenvalue weighted by atomic mass is 32.1. The Balaban J connectivity index is 1.22. The zero-order chi connectivity index (χ0) is 25.9. The maximum atomic E-state index is 13.6. The summed E-state index contributed by atoms with van der Waals surface area (Å²) in [5, 5.41) is 3.25. The molecule has 0 saturated carbocycles. The molecule has 0 spiro atoms. The summed E-state index contributed by atoms with van der Waals surface area (Å²) in [6.45, 7) is 1.52. The quantitative estimate of drug-likeness (QED) is 0.203. The lowest BCUT2D eigenvalue weighted by Gasteiger charge is -2.10. The fourth-order valence-corrected chi connectivity index (χ4v) is 5.26. The number of benzene rings is 2. The van der Waals surface area contributed by atoms with E-state index in [0.717, 1.165) is 74.0 Å². The molecule has 0 bridgehead atoms. The molecule has 0 amide bonds. The first kappa shape index (κ1) is 24.0. The topological polar surface area (TPSA) is 92.5 Å². The summed E-state index contributed by atoms with van der Waals surface area (Å²) in [6.07, 6.45) is 7.75. The van der Waals surface area contributed by atoms with Crippen LogP contribution in [0.25, 0.3) is 32.6 Å². The molecule has 0 atom stereocenters. The zero-order valence-electron chi connectivity index (χ0n) is 20.5. The molecule has 8 heteroatoms. The molecule has 0 unspecified atom stereocenters.